The van der Waals surface area contributed by atoms with Gasteiger partial charge in [0.1, 0.15) is 5.82 Å². The van der Waals surface area contributed by atoms with Crippen LogP contribution in [0.2, 0.25) is 0 Å². The fraction of sp³-hybridized carbons (Fsp3) is 0.300. The first-order valence-electron chi connectivity index (χ1n) is 8.84. The van der Waals surface area contributed by atoms with Crippen molar-refractivity contribution in [3.05, 3.63) is 53.8 Å². The van der Waals surface area contributed by atoms with Crippen molar-refractivity contribution < 1.29 is 9.18 Å². The van der Waals surface area contributed by atoms with Gasteiger partial charge in [0.15, 0.2) is 5.13 Å². The maximum absolute atomic E-state index is 13.4. The van der Waals surface area contributed by atoms with Gasteiger partial charge in [0, 0.05) is 31.1 Å². The topological polar surface area (TPSA) is 36.4 Å². The van der Waals surface area contributed by atoms with Gasteiger partial charge in [-0.05, 0) is 42.2 Å². The predicted molar refractivity (Wildman–Crippen MR) is 110 cm³/mol. The molecule has 0 unspecified atom stereocenters. The van der Waals surface area contributed by atoms with Crippen molar-refractivity contribution in [1.82, 2.24) is 9.88 Å². The van der Waals surface area contributed by atoms with Crippen LogP contribution in [0.1, 0.15) is 5.56 Å². The number of halogens is 1. The van der Waals surface area contributed by atoms with Crippen LogP contribution in [0.3, 0.4) is 0 Å². The summed E-state index contributed by atoms with van der Waals surface area (Å²) >= 11 is 3.20. The van der Waals surface area contributed by atoms with Gasteiger partial charge >= 0.3 is 0 Å². The Kier molecular flexibility index (Phi) is 5.31. The summed E-state index contributed by atoms with van der Waals surface area (Å²) in [5.74, 6) is -0.0726. The summed E-state index contributed by atoms with van der Waals surface area (Å²) in [7, 11) is 0. The Labute approximate surface area is 166 Å². The largest absolute Gasteiger partial charge is 0.345 e. The Morgan fingerprint density at radius 2 is 1.89 bits per heavy atom. The van der Waals surface area contributed by atoms with Crippen LogP contribution in [-0.4, -0.2) is 48.2 Å². The molecule has 0 N–H and O–H groups in total. The van der Waals surface area contributed by atoms with E-state index in [1.807, 2.05) is 23.3 Å². The standard InChI is InChI=1S/C20H20FN3OS2/c1-26-16-5-2-14(3-6-16)12-19(25)23-8-10-24(11-9-23)20-22-17-7-4-15(21)13-18(17)27-20/h2-7,13H,8-12H2,1H3. The number of hydrogen-bond acceptors (Lipinski definition) is 5. The van der Waals surface area contributed by atoms with Crippen molar-refractivity contribution in [3.8, 4) is 0 Å². The van der Waals surface area contributed by atoms with Crippen molar-refractivity contribution in [2.75, 3.05) is 37.3 Å². The molecule has 0 aliphatic carbocycles. The number of rotatable bonds is 4. The van der Waals surface area contributed by atoms with E-state index in [0.29, 0.717) is 19.5 Å². The van der Waals surface area contributed by atoms with Crippen LogP contribution in [0, 0.1) is 5.82 Å². The zero-order valence-electron chi connectivity index (χ0n) is 15.0. The molecular weight excluding hydrogens is 381 g/mol. The van der Waals surface area contributed by atoms with Gasteiger partial charge in [-0.25, -0.2) is 9.37 Å². The Hall–Kier alpha value is -2.12. The molecule has 1 aromatic heterocycles. The number of fused-ring (bicyclic) bond motifs is 1. The number of anilines is 1. The van der Waals surface area contributed by atoms with E-state index >= 15 is 0 Å². The number of carbonyl (C=O) groups is 1. The molecule has 7 heteroatoms. The van der Waals surface area contributed by atoms with Gasteiger partial charge in [-0.3, -0.25) is 4.79 Å². The molecule has 3 aromatic rings. The first kappa shape index (κ1) is 18.3. The molecule has 2 aromatic carbocycles. The molecule has 0 radical (unpaired) electrons. The number of aromatic nitrogens is 1. The zero-order valence-corrected chi connectivity index (χ0v) is 16.7. The van der Waals surface area contributed by atoms with Crippen molar-refractivity contribution in [1.29, 1.82) is 0 Å². The quantitative estimate of drug-likeness (QED) is 0.618. The van der Waals surface area contributed by atoms with E-state index in [2.05, 4.69) is 22.0 Å². The molecule has 1 aliphatic rings. The van der Waals surface area contributed by atoms with Crippen molar-refractivity contribution >= 4 is 44.4 Å². The van der Waals surface area contributed by atoms with Crippen molar-refractivity contribution in [2.24, 2.45) is 0 Å². The average molecular weight is 402 g/mol. The highest BCUT2D eigenvalue weighted by Gasteiger charge is 2.23. The lowest BCUT2D eigenvalue weighted by atomic mass is 10.1. The summed E-state index contributed by atoms with van der Waals surface area (Å²) in [5, 5.41) is 0.898. The molecule has 4 nitrogen and oxygen atoms in total. The molecule has 2 heterocycles. The third-order valence-corrected chi connectivity index (χ3v) is 6.58. The van der Waals surface area contributed by atoms with Crippen LogP contribution in [0.4, 0.5) is 9.52 Å². The van der Waals surface area contributed by atoms with Gasteiger partial charge in [0.05, 0.1) is 16.6 Å². The molecule has 1 aliphatic heterocycles. The highest BCUT2D eigenvalue weighted by atomic mass is 32.2. The summed E-state index contributed by atoms with van der Waals surface area (Å²) < 4.78 is 14.2. The van der Waals surface area contributed by atoms with Gasteiger partial charge in [0.25, 0.3) is 0 Å². The third-order valence-electron chi connectivity index (χ3n) is 4.76. The lowest BCUT2D eigenvalue weighted by Gasteiger charge is -2.34. The average Bonchev–Trinajstić information content (AvgIpc) is 3.12. The van der Waals surface area contributed by atoms with Crippen LogP contribution in [0.5, 0.6) is 0 Å². The Balaban J connectivity index is 1.36. The number of thioether (sulfide) groups is 1. The molecule has 4 rings (SSSR count). The summed E-state index contributed by atoms with van der Waals surface area (Å²) in [4.78, 5) is 22.5. The number of nitrogens with zero attached hydrogens (tertiary/aromatic N) is 3. The SMILES string of the molecule is CSc1ccc(CC(=O)N2CCN(c3nc4ccc(F)cc4s3)CC2)cc1. The highest BCUT2D eigenvalue weighted by Crippen LogP contribution is 2.30. The normalized spacial score (nSPS) is 14.7. The first-order valence-corrected chi connectivity index (χ1v) is 10.9. The van der Waals surface area contributed by atoms with E-state index in [-0.39, 0.29) is 11.7 Å². The predicted octanol–water partition coefficient (Wildman–Crippen LogP) is 4.05. The second-order valence-electron chi connectivity index (χ2n) is 6.50. The van der Waals surface area contributed by atoms with E-state index in [1.165, 1.54) is 28.4 Å². The second-order valence-corrected chi connectivity index (χ2v) is 8.39. The summed E-state index contributed by atoms with van der Waals surface area (Å²) in [6, 6.07) is 12.8. The molecule has 140 valence electrons. The van der Waals surface area contributed by atoms with E-state index in [4.69, 9.17) is 0 Å². The lowest BCUT2D eigenvalue weighted by molar-refractivity contribution is -0.130. The number of piperazine rings is 1. The number of amides is 1. The Morgan fingerprint density at radius 1 is 1.15 bits per heavy atom. The minimum Gasteiger partial charge on any atom is -0.345 e. The van der Waals surface area contributed by atoms with E-state index in [9.17, 15) is 9.18 Å². The molecule has 1 fully saturated rings. The van der Waals surface area contributed by atoms with Crippen LogP contribution in [-0.2, 0) is 11.2 Å². The number of benzene rings is 2. The van der Waals surface area contributed by atoms with Gasteiger partial charge < -0.3 is 9.80 Å². The summed E-state index contributed by atoms with van der Waals surface area (Å²) in [6.07, 6.45) is 2.48. The molecule has 0 spiro atoms. The van der Waals surface area contributed by atoms with E-state index in [0.717, 1.165) is 34.0 Å². The summed E-state index contributed by atoms with van der Waals surface area (Å²) in [6.45, 7) is 2.87. The maximum atomic E-state index is 13.4. The van der Waals surface area contributed by atoms with Crippen LogP contribution < -0.4 is 4.90 Å². The second kappa shape index (κ2) is 7.86. The Bertz CT molecular complexity index is 950. The molecule has 1 saturated heterocycles. The van der Waals surface area contributed by atoms with Gasteiger partial charge in [0.2, 0.25) is 5.91 Å². The zero-order chi connectivity index (χ0) is 18.8. The van der Waals surface area contributed by atoms with Crippen LogP contribution >= 0.6 is 23.1 Å². The van der Waals surface area contributed by atoms with Gasteiger partial charge in [-0.2, -0.15) is 0 Å². The van der Waals surface area contributed by atoms with E-state index in [1.54, 1.807) is 17.8 Å². The number of carbonyl (C=O) groups excluding carboxylic acids is 1. The molecule has 1 amide bonds. The van der Waals surface area contributed by atoms with Crippen molar-refractivity contribution in [3.63, 3.8) is 0 Å². The first-order chi connectivity index (χ1) is 13.1. The third kappa shape index (κ3) is 4.09. The summed E-state index contributed by atoms with van der Waals surface area (Å²) in [5.41, 5.74) is 1.87. The highest BCUT2D eigenvalue weighted by molar-refractivity contribution is 7.98. The van der Waals surface area contributed by atoms with Crippen LogP contribution in [0.15, 0.2) is 47.4 Å². The van der Waals surface area contributed by atoms with E-state index < -0.39 is 0 Å². The molecular formula is C20H20FN3OS2. The monoisotopic (exact) mass is 401 g/mol. The molecule has 0 bridgehead atoms. The minimum absolute atomic E-state index is 0.165. The molecule has 27 heavy (non-hydrogen) atoms. The van der Waals surface area contributed by atoms with Crippen LogP contribution in [0.25, 0.3) is 10.2 Å². The Morgan fingerprint density at radius 3 is 2.59 bits per heavy atom. The fourth-order valence-corrected chi connectivity index (χ4v) is 4.65. The minimum atomic E-state index is -0.237. The fourth-order valence-electron chi connectivity index (χ4n) is 3.20. The smallest absolute Gasteiger partial charge is 0.227 e. The number of thiazole rings is 1. The van der Waals surface area contributed by atoms with Crippen molar-refractivity contribution in [2.45, 2.75) is 11.3 Å². The molecule has 0 atom stereocenters. The van der Waals surface area contributed by atoms with Gasteiger partial charge in [-0.1, -0.05) is 23.5 Å². The van der Waals surface area contributed by atoms with Gasteiger partial charge in [-0.15, -0.1) is 11.8 Å². The number of hydrogen-bond donors (Lipinski definition) is 0. The lowest BCUT2D eigenvalue weighted by Crippen LogP contribution is -2.49. The molecule has 0 saturated carbocycles. The maximum Gasteiger partial charge on any atom is 0.227 e.